The lowest BCUT2D eigenvalue weighted by atomic mass is 10.1. The molecule has 0 heterocycles. The molecule has 0 aromatic heterocycles. The zero-order valence-corrected chi connectivity index (χ0v) is 14.8. The molecule has 0 aliphatic heterocycles. The Morgan fingerprint density at radius 2 is 1.93 bits per heavy atom. The highest BCUT2D eigenvalue weighted by Crippen LogP contribution is 2.32. The van der Waals surface area contributed by atoms with E-state index in [2.05, 4.69) is 5.32 Å². The number of thiocyanates is 1. The van der Waals surface area contributed by atoms with Crippen LogP contribution in [0.15, 0.2) is 47.4 Å². The maximum atomic E-state index is 12.9. The average Bonchev–Trinajstić information content (AvgIpc) is 2.61. The van der Waals surface area contributed by atoms with Crippen LogP contribution in [0.5, 0.6) is 0 Å². The van der Waals surface area contributed by atoms with Gasteiger partial charge in [0, 0.05) is 10.6 Å². The van der Waals surface area contributed by atoms with Gasteiger partial charge in [0.05, 0.1) is 11.1 Å². The molecular weight excluding hydrogens is 381 g/mol. The van der Waals surface area contributed by atoms with E-state index in [0.29, 0.717) is 16.1 Å². The van der Waals surface area contributed by atoms with Crippen molar-refractivity contribution in [3.05, 3.63) is 59.2 Å². The van der Waals surface area contributed by atoms with E-state index < -0.39 is 35.8 Å². The van der Waals surface area contributed by atoms with Crippen LogP contribution in [-0.4, -0.2) is 18.5 Å². The SMILES string of the molecule is Cc1cc(SC#N)ccc1NC(=O)COC(=O)c1ccccc1C(F)(F)F. The van der Waals surface area contributed by atoms with Crippen molar-refractivity contribution in [3.63, 3.8) is 0 Å². The lowest BCUT2D eigenvalue weighted by Gasteiger charge is -2.12. The number of carbonyl (C=O) groups is 2. The predicted molar refractivity (Wildman–Crippen MR) is 93.0 cm³/mol. The number of ether oxygens (including phenoxy) is 1. The molecule has 0 aliphatic carbocycles. The van der Waals surface area contributed by atoms with E-state index in [1.807, 2.05) is 5.40 Å². The summed E-state index contributed by atoms with van der Waals surface area (Å²) in [5.74, 6) is -1.94. The molecule has 2 aromatic rings. The molecule has 0 bridgehead atoms. The number of esters is 1. The Morgan fingerprint density at radius 1 is 1.22 bits per heavy atom. The smallest absolute Gasteiger partial charge is 0.417 e. The molecule has 0 saturated carbocycles. The van der Waals surface area contributed by atoms with Gasteiger partial charge in [-0.05, 0) is 54.6 Å². The van der Waals surface area contributed by atoms with Gasteiger partial charge in [0.2, 0.25) is 0 Å². The second kappa shape index (κ2) is 8.60. The number of anilines is 1. The van der Waals surface area contributed by atoms with Gasteiger partial charge in [-0.25, -0.2) is 4.79 Å². The third-order valence-corrected chi connectivity index (χ3v) is 4.00. The molecule has 9 heteroatoms. The molecule has 1 amide bonds. The first-order valence-corrected chi connectivity index (χ1v) is 8.34. The monoisotopic (exact) mass is 394 g/mol. The molecule has 2 aromatic carbocycles. The molecule has 0 atom stereocenters. The molecule has 0 spiro atoms. The highest BCUT2D eigenvalue weighted by molar-refractivity contribution is 8.03. The molecule has 0 radical (unpaired) electrons. The number of hydrogen-bond donors (Lipinski definition) is 1. The van der Waals surface area contributed by atoms with Crippen LogP contribution < -0.4 is 5.32 Å². The number of halogens is 3. The molecule has 0 saturated heterocycles. The second-order valence-corrected chi connectivity index (χ2v) is 6.20. The van der Waals surface area contributed by atoms with Gasteiger partial charge in [-0.2, -0.15) is 18.4 Å². The number of carbonyl (C=O) groups excluding carboxylic acids is 2. The minimum atomic E-state index is -4.71. The number of benzene rings is 2. The van der Waals surface area contributed by atoms with Crippen LogP contribution in [0.25, 0.3) is 0 Å². The van der Waals surface area contributed by atoms with Crippen molar-refractivity contribution in [1.82, 2.24) is 0 Å². The topological polar surface area (TPSA) is 79.2 Å². The highest BCUT2D eigenvalue weighted by atomic mass is 32.2. The van der Waals surface area contributed by atoms with Gasteiger partial charge in [-0.15, -0.1) is 0 Å². The molecular formula is C18H13F3N2O3S. The fraction of sp³-hybridized carbons (Fsp3) is 0.167. The zero-order chi connectivity index (χ0) is 20.0. The first kappa shape index (κ1) is 20.3. The normalized spacial score (nSPS) is 10.8. The minimum Gasteiger partial charge on any atom is -0.452 e. The molecule has 0 unspecified atom stereocenters. The number of alkyl halides is 3. The number of thioether (sulfide) groups is 1. The number of nitriles is 1. The van der Waals surface area contributed by atoms with Crippen LogP contribution in [0.1, 0.15) is 21.5 Å². The Labute approximate surface area is 157 Å². The van der Waals surface area contributed by atoms with Crippen LogP contribution in [-0.2, 0) is 15.7 Å². The molecule has 0 aliphatic rings. The van der Waals surface area contributed by atoms with Gasteiger partial charge in [0.15, 0.2) is 6.61 Å². The van der Waals surface area contributed by atoms with Crippen LogP contribution in [0.3, 0.4) is 0 Å². The van der Waals surface area contributed by atoms with Crippen molar-refractivity contribution in [2.45, 2.75) is 18.0 Å². The predicted octanol–water partition coefficient (Wildman–Crippen LogP) is 4.38. The van der Waals surface area contributed by atoms with Crippen molar-refractivity contribution < 1.29 is 27.5 Å². The largest absolute Gasteiger partial charge is 0.452 e. The van der Waals surface area contributed by atoms with Gasteiger partial charge < -0.3 is 10.1 Å². The maximum Gasteiger partial charge on any atom is 0.417 e. The zero-order valence-electron chi connectivity index (χ0n) is 14.0. The fourth-order valence-corrected chi connectivity index (χ4v) is 2.67. The van der Waals surface area contributed by atoms with Crippen molar-refractivity contribution in [2.24, 2.45) is 0 Å². The number of rotatable bonds is 5. The summed E-state index contributed by atoms with van der Waals surface area (Å²) in [5.41, 5.74) is -0.671. The van der Waals surface area contributed by atoms with E-state index in [0.717, 1.165) is 30.0 Å². The average molecular weight is 394 g/mol. The molecule has 27 heavy (non-hydrogen) atoms. The van der Waals surface area contributed by atoms with Crippen LogP contribution in [0, 0.1) is 17.6 Å². The van der Waals surface area contributed by atoms with Gasteiger partial charge in [-0.3, -0.25) is 4.79 Å². The molecule has 1 N–H and O–H groups in total. The molecule has 5 nitrogen and oxygen atoms in total. The van der Waals surface area contributed by atoms with Crippen molar-refractivity contribution in [3.8, 4) is 5.40 Å². The van der Waals surface area contributed by atoms with Crippen LogP contribution in [0.4, 0.5) is 18.9 Å². The summed E-state index contributed by atoms with van der Waals surface area (Å²) in [7, 11) is 0. The van der Waals surface area contributed by atoms with Gasteiger partial charge in [-0.1, -0.05) is 12.1 Å². The summed E-state index contributed by atoms with van der Waals surface area (Å²) in [6.45, 7) is 0.974. The molecule has 140 valence electrons. The second-order valence-electron chi connectivity index (χ2n) is 5.34. The number of nitrogens with zero attached hydrogens (tertiary/aromatic N) is 1. The number of nitrogens with one attached hydrogen (secondary N) is 1. The lowest BCUT2D eigenvalue weighted by Crippen LogP contribution is -2.22. The van der Waals surface area contributed by atoms with E-state index in [1.165, 1.54) is 6.07 Å². The van der Waals surface area contributed by atoms with E-state index in [-0.39, 0.29) is 0 Å². The Morgan fingerprint density at radius 3 is 2.56 bits per heavy atom. The standard InChI is InChI=1S/C18H13F3N2O3S/c1-11-8-12(27-10-22)6-7-15(11)23-16(24)9-26-17(25)13-4-2-3-5-14(13)18(19,20)21/h2-8H,9H2,1H3,(H,23,24). The summed E-state index contributed by atoms with van der Waals surface area (Å²) in [6.07, 6.45) is -4.71. The Balaban J connectivity index is 2.01. The quantitative estimate of drug-likeness (QED) is 0.462. The first-order valence-electron chi connectivity index (χ1n) is 7.52. The van der Waals surface area contributed by atoms with E-state index in [1.54, 1.807) is 25.1 Å². The molecule has 0 fully saturated rings. The van der Waals surface area contributed by atoms with E-state index in [9.17, 15) is 22.8 Å². The van der Waals surface area contributed by atoms with Gasteiger partial charge >= 0.3 is 12.1 Å². The summed E-state index contributed by atoms with van der Waals surface area (Å²) in [4.78, 5) is 24.5. The Kier molecular flexibility index (Phi) is 6.47. The number of aryl methyl sites for hydroxylation is 1. The summed E-state index contributed by atoms with van der Waals surface area (Å²) in [6, 6.07) is 9.07. The van der Waals surface area contributed by atoms with Crippen LogP contribution in [0.2, 0.25) is 0 Å². The first-order chi connectivity index (χ1) is 12.7. The molecule has 2 rings (SSSR count). The third-order valence-electron chi connectivity index (χ3n) is 3.42. The maximum absolute atomic E-state index is 12.9. The Hall–Kier alpha value is -2.99. The van der Waals surface area contributed by atoms with Gasteiger partial charge in [0.1, 0.15) is 5.40 Å². The highest BCUT2D eigenvalue weighted by Gasteiger charge is 2.35. The lowest BCUT2D eigenvalue weighted by molar-refractivity contribution is -0.138. The summed E-state index contributed by atoms with van der Waals surface area (Å²) >= 11 is 0.964. The third kappa shape index (κ3) is 5.49. The van der Waals surface area contributed by atoms with Crippen molar-refractivity contribution >= 4 is 29.3 Å². The van der Waals surface area contributed by atoms with Gasteiger partial charge in [0.25, 0.3) is 5.91 Å². The van der Waals surface area contributed by atoms with E-state index in [4.69, 9.17) is 10.00 Å². The number of amides is 1. The van der Waals surface area contributed by atoms with Crippen molar-refractivity contribution in [2.75, 3.05) is 11.9 Å². The minimum absolute atomic E-state index is 0.439. The van der Waals surface area contributed by atoms with E-state index >= 15 is 0 Å². The number of hydrogen-bond acceptors (Lipinski definition) is 5. The Bertz CT molecular complexity index is 907. The van der Waals surface area contributed by atoms with Crippen LogP contribution >= 0.6 is 11.8 Å². The fourth-order valence-electron chi connectivity index (χ4n) is 2.20. The van der Waals surface area contributed by atoms with Crippen molar-refractivity contribution in [1.29, 1.82) is 5.26 Å². The summed E-state index contributed by atoms with van der Waals surface area (Å²) < 4.78 is 43.5. The summed E-state index contributed by atoms with van der Waals surface area (Å²) in [5, 5.41) is 13.1.